The van der Waals surface area contributed by atoms with Crippen molar-refractivity contribution in [3.63, 3.8) is 0 Å². The van der Waals surface area contributed by atoms with Crippen LogP contribution < -0.4 is 4.57 Å². The van der Waals surface area contributed by atoms with Crippen LogP contribution in [0.15, 0.2) is 65.1 Å². The predicted octanol–water partition coefficient (Wildman–Crippen LogP) is 6.82. The van der Waals surface area contributed by atoms with E-state index in [1.165, 1.54) is 46.5 Å². The van der Waals surface area contributed by atoms with E-state index in [1.807, 2.05) is 28.7 Å². The quantitative estimate of drug-likeness (QED) is 0.284. The fourth-order valence-corrected chi connectivity index (χ4v) is 6.69. The van der Waals surface area contributed by atoms with Gasteiger partial charge >= 0.3 is 0 Å². The molecule has 27 heavy (non-hydrogen) atoms. The van der Waals surface area contributed by atoms with Gasteiger partial charge in [0.25, 0.3) is 9.84 Å². The number of thiazole rings is 1. The van der Waals surface area contributed by atoms with Crippen LogP contribution in [-0.4, -0.2) is 0 Å². The van der Waals surface area contributed by atoms with Crippen molar-refractivity contribution in [2.75, 3.05) is 0 Å². The summed E-state index contributed by atoms with van der Waals surface area (Å²) in [4.78, 5) is 1.32. The van der Waals surface area contributed by atoms with E-state index in [-0.39, 0.29) is 0 Å². The fourth-order valence-electron chi connectivity index (χ4n) is 3.96. The number of hydrogen-bond acceptors (Lipinski definition) is 3. The molecule has 0 fully saturated rings. The molecule has 6 aromatic rings. The molecule has 6 rings (SSSR count). The number of benzene rings is 3. The molecule has 3 aromatic heterocycles. The lowest BCUT2D eigenvalue weighted by molar-refractivity contribution is -0.627. The summed E-state index contributed by atoms with van der Waals surface area (Å²) in [6.07, 6.45) is 0. The van der Waals surface area contributed by atoms with Crippen molar-refractivity contribution in [2.45, 2.75) is 6.92 Å². The Morgan fingerprint density at radius 2 is 1.59 bits per heavy atom. The molecule has 0 spiro atoms. The van der Waals surface area contributed by atoms with Crippen LogP contribution >= 0.6 is 22.7 Å². The van der Waals surface area contributed by atoms with Gasteiger partial charge in [-0.1, -0.05) is 71.2 Å². The molecule has 0 saturated heterocycles. The summed E-state index contributed by atoms with van der Waals surface area (Å²) in [6.45, 7) is 2.17. The third kappa shape index (κ3) is 2.02. The number of aryl methyl sites for hydroxylation is 2. The van der Waals surface area contributed by atoms with Crippen molar-refractivity contribution in [3.8, 4) is 10.6 Å². The molecule has 0 N–H and O–H groups in total. The zero-order valence-electron chi connectivity index (χ0n) is 14.9. The molecular weight excluding hydrogens is 370 g/mol. The van der Waals surface area contributed by atoms with Crippen LogP contribution in [-0.2, 0) is 7.05 Å². The van der Waals surface area contributed by atoms with Crippen LogP contribution in [0, 0.1) is 6.92 Å². The van der Waals surface area contributed by atoms with E-state index in [4.69, 9.17) is 4.42 Å². The van der Waals surface area contributed by atoms with Gasteiger partial charge in [-0.25, -0.2) is 0 Å². The molecule has 0 unspecified atom stereocenters. The van der Waals surface area contributed by atoms with Crippen molar-refractivity contribution in [1.82, 2.24) is 0 Å². The molecule has 4 heteroatoms. The third-order valence-corrected chi connectivity index (χ3v) is 7.97. The summed E-state index contributed by atoms with van der Waals surface area (Å²) in [5, 5.41) is 4.97. The molecule has 0 aliphatic rings. The standard InChI is InChI=1S/C23H16NOS2/c1-13-11-12-15-14-7-3-5-9-17(14)25-20(15)19(13)22-24(2)23-21(27-22)16-8-4-6-10-18(16)26-23/h3-12H,1-2H3/q+1. The zero-order valence-corrected chi connectivity index (χ0v) is 16.6. The highest BCUT2D eigenvalue weighted by Crippen LogP contribution is 2.43. The summed E-state index contributed by atoms with van der Waals surface area (Å²) < 4.78 is 11.4. The maximum atomic E-state index is 6.33. The second-order valence-corrected chi connectivity index (χ2v) is 8.96. The first-order valence-electron chi connectivity index (χ1n) is 8.93. The minimum atomic E-state index is 0.950. The van der Waals surface area contributed by atoms with Crippen LogP contribution in [0.3, 0.4) is 0 Å². The summed E-state index contributed by atoms with van der Waals surface area (Å²) in [7, 11) is 2.17. The molecule has 3 aromatic carbocycles. The number of thiophene rings is 1. The van der Waals surface area contributed by atoms with Gasteiger partial charge in [0.05, 0.1) is 0 Å². The highest BCUT2D eigenvalue weighted by Gasteiger charge is 2.27. The normalized spacial score (nSPS) is 12.1. The molecule has 0 aliphatic heterocycles. The van der Waals surface area contributed by atoms with Crippen LogP contribution in [0.1, 0.15) is 5.56 Å². The summed E-state index contributed by atoms with van der Waals surface area (Å²) >= 11 is 3.73. The van der Waals surface area contributed by atoms with Crippen molar-refractivity contribution < 1.29 is 8.98 Å². The van der Waals surface area contributed by atoms with Gasteiger partial charge in [-0.2, -0.15) is 4.57 Å². The van der Waals surface area contributed by atoms with Gasteiger partial charge < -0.3 is 4.42 Å². The maximum absolute atomic E-state index is 6.33. The van der Waals surface area contributed by atoms with Crippen LogP contribution in [0.2, 0.25) is 0 Å². The Morgan fingerprint density at radius 3 is 2.48 bits per heavy atom. The average molecular weight is 387 g/mol. The molecule has 0 saturated carbocycles. The van der Waals surface area contributed by atoms with E-state index >= 15 is 0 Å². The first-order chi connectivity index (χ1) is 13.2. The number of rotatable bonds is 1. The summed E-state index contributed by atoms with van der Waals surface area (Å²) in [5.41, 5.74) is 4.40. The molecule has 2 nitrogen and oxygen atoms in total. The Bertz CT molecular complexity index is 1500. The highest BCUT2D eigenvalue weighted by molar-refractivity contribution is 7.32. The van der Waals surface area contributed by atoms with Crippen molar-refractivity contribution in [3.05, 3.63) is 66.2 Å². The first-order valence-corrected chi connectivity index (χ1v) is 10.6. The number of nitrogens with zero attached hydrogens (tertiary/aromatic N) is 1. The molecule has 0 aliphatic carbocycles. The maximum Gasteiger partial charge on any atom is 0.281 e. The molecule has 0 amide bonds. The summed E-state index contributed by atoms with van der Waals surface area (Å²) in [6, 6.07) is 21.4. The van der Waals surface area contributed by atoms with E-state index in [1.54, 1.807) is 0 Å². The number of para-hydroxylation sites is 1. The third-order valence-electron chi connectivity index (χ3n) is 5.31. The fraction of sp³-hybridized carbons (Fsp3) is 0.0870. The smallest absolute Gasteiger partial charge is 0.281 e. The molecule has 130 valence electrons. The van der Waals surface area contributed by atoms with Gasteiger partial charge in [0.15, 0.2) is 5.58 Å². The molecule has 0 atom stereocenters. The molecule has 0 bridgehead atoms. The second kappa shape index (κ2) is 5.41. The van der Waals surface area contributed by atoms with Crippen molar-refractivity contribution >= 4 is 64.2 Å². The van der Waals surface area contributed by atoms with E-state index in [9.17, 15) is 0 Å². The first kappa shape index (κ1) is 15.4. The van der Waals surface area contributed by atoms with Gasteiger partial charge in [-0.05, 0) is 24.6 Å². The van der Waals surface area contributed by atoms with E-state index in [0.717, 1.165) is 11.2 Å². The number of fused-ring (bicyclic) bond motifs is 6. The average Bonchev–Trinajstić information content (AvgIpc) is 3.33. The van der Waals surface area contributed by atoms with Crippen LogP contribution in [0.25, 0.3) is 52.1 Å². The minimum absolute atomic E-state index is 0.950. The topological polar surface area (TPSA) is 17.0 Å². The van der Waals surface area contributed by atoms with Crippen molar-refractivity contribution in [2.24, 2.45) is 7.05 Å². The lowest BCUT2D eigenvalue weighted by Crippen LogP contribution is -2.27. The molecule has 3 heterocycles. The van der Waals surface area contributed by atoms with Crippen LogP contribution in [0.4, 0.5) is 0 Å². The highest BCUT2D eigenvalue weighted by atomic mass is 32.1. The van der Waals surface area contributed by atoms with E-state index < -0.39 is 0 Å². The number of aromatic nitrogens is 1. The Kier molecular flexibility index (Phi) is 3.08. The largest absolute Gasteiger partial charge is 0.455 e. The molecular formula is C23H16NOS2+. The van der Waals surface area contributed by atoms with E-state index in [0.29, 0.717) is 0 Å². The van der Waals surface area contributed by atoms with E-state index in [2.05, 4.69) is 73.1 Å². The summed E-state index contributed by atoms with van der Waals surface area (Å²) in [5.74, 6) is 0. The van der Waals surface area contributed by atoms with Gasteiger partial charge in [0.1, 0.15) is 22.9 Å². The second-order valence-electron chi connectivity index (χ2n) is 6.93. The van der Waals surface area contributed by atoms with Crippen LogP contribution in [0.5, 0.6) is 0 Å². The zero-order chi connectivity index (χ0) is 18.1. The Labute approximate surface area is 163 Å². The van der Waals surface area contributed by atoms with Gasteiger partial charge in [-0.3, -0.25) is 0 Å². The predicted molar refractivity (Wildman–Crippen MR) is 116 cm³/mol. The van der Waals surface area contributed by atoms with Crippen molar-refractivity contribution in [1.29, 1.82) is 0 Å². The Balaban J connectivity index is 1.74. The lowest BCUT2D eigenvalue weighted by Gasteiger charge is -2.02. The monoisotopic (exact) mass is 386 g/mol. The number of furan rings is 1. The number of hydrogen-bond donors (Lipinski definition) is 0. The van der Waals surface area contributed by atoms with Gasteiger partial charge in [0.2, 0.25) is 0 Å². The van der Waals surface area contributed by atoms with Gasteiger partial charge in [-0.15, -0.1) is 0 Å². The Morgan fingerprint density at radius 1 is 0.815 bits per heavy atom. The SMILES string of the molecule is Cc1ccc2c(oc3ccccc32)c1-c1sc2c3ccccc3sc2[n+]1C. The molecule has 0 radical (unpaired) electrons. The Hall–Kier alpha value is -2.69. The lowest BCUT2D eigenvalue weighted by atomic mass is 10.0. The van der Waals surface area contributed by atoms with Gasteiger partial charge in [0, 0.05) is 20.9 Å². The minimum Gasteiger partial charge on any atom is -0.455 e.